The molecule has 0 saturated heterocycles. The van der Waals surface area contributed by atoms with E-state index in [-0.39, 0.29) is 0 Å². The molecule has 0 bridgehead atoms. The third kappa shape index (κ3) is 1.86. The van der Waals surface area contributed by atoms with Crippen molar-refractivity contribution in [1.82, 2.24) is 9.78 Å². The van der Waals surface area contributed by atoms with Crippen molar-refractivity contribution in [3.05, 3.63) is 42.1 Å². The normalized spacial score (nSPS) is 9.69. The maximum atomic E-state index is 10.8. The van der Waals surface area contributed by atoms with E-state index in [0.29, 0.717) is 12.2 Å². The van der Waals surface area contributed by atoms with Crippen LogP contribution in [0.2, 0.25) is 0 Å². The van der Waals surface area contributed by atoms with Gasteiger partial charge in [0.05, 0.1) is 5.69 Å². The van der Waals surface area contributed by atoms with Crippen LogP contribution in [0.1, 0.15) is 10.5 Å². The summed E-state index contributed by atoms with van der Waals surface area (Å²) in [6.07, 6.45) is 5.97. The number of carbonyl (C=O) groups excluding carboxylic acids is 1. The molecule has 1 aromatic heterocycles. The second-order valence-corrected chi connectivity index (χ2v) is 3.30. The predicted octanol–water partition coefficient (Wildman–Crippen LogP) is 2.00. The van der Waals surface area contributed by atoms with E-state index < -0.39 is 0 Å². The Morgan fingerprint density at radius 1 is 1.38 bits per heavy atom. The molecule has 0 spiro atoms. The number of nitrogens with zero attached hydrogens (tertiary/aromatic N) is 2. The first-order chi connectivity index (χ1) is 7.85. The number of carbonyl (C=O) groups is 1. The average molecular weight is 210 g/mol. The van der Waals surface area contributed by atoms with Crippen LogP contribution in [0, 0.1) is 12.3 Å². The molecule has 1 aromatic carbocycles. The second-order valence-electron chi connectivity index (χ2n) is 3.30. The van der Waals surface area contributed by atoms with E-state index in [2.05, 4.69) is 11.0 Å². The number of hydrogen-bond donors (Lipinski definition) is 0. The van der Waals surface area contributed by atoms with Crippen LogP contribution >= 0.6 is 0 Å². The first kappa shape index (κ1) is 10.2. The summed E-state index contributed by atoms with van der Waals surface area (Å²) in [6.45, 7) is 0.306. The zero-order valence-corrected chi connectivity index (χ0v) is 8.63. The Balaban J connectivity index is 2.45. The van der Waals surface area contributed by atoms with Crippen LogP contribution in [-0.2, 0) is 6.54 Å². The lowest BCUT2D eigenvalue weighted by Crippen LogP contribution is -2.02. The zero-order chi connectivity index (χ0) is 11.4. The highest BCUT2D eigenvalue weighted by Gasteiger charge is 2.07. The number of rotatable bonds is 3. The number of hydrogen-bond acceptors (Lipinski definition) is 2. The Labute approximate surface area is 93.7 Å². The third-order valence-corrected chi connectivity index (χ3v) is 2.24. The van der Waals surface area contributed by atoms with Crippen molar-refractivity contribution in [2.45, 2.75) is 6.54 Å². The molecule has 3 heteroatoms. The van der Waals surface area contributed by atoms with E-state index in [0.717, 1.165) is 17.5 Å². The van der Waals surface area contributed by atoms with Crippen molar-refractivity contribution in [3.8, 4) is 23.6 Å². The maximum Gasteiger partial charge on any atom is 0.168 e. The molecule has 0 saturated carbocycles. The van der Waals surface area contributed by atoms with Crippen LogP contribution in [0.5, 0.6) is 0 Å². The Bertz CT molecular complexity index is 535. The molecule has 0 amide bonds. The van der Waals surface area contributed by atoms with Gasteiger partial charge in [-0.1, -0.05) is 36.3 Å². The van der Waals surface area contributed by atoms with E-state index in [1.165, 1.54) is 4.68 Å². The molecule has 0 aliphatic heterocycles. The van der Waals surface area contributed by atoms with Crippen LogP contribution in [0.4, 0.5) is 0 Å². The van der Waals surface area contributed by atoms with E-state index in [9.17, 15) is 4.79 Å². The molecule has 1 heterocycles. The van der Waals surface area contributed by atoms with E-state index in [4.69, 9.17) is 6.42 Å². The molecular formula is C13H10N2O. The molecule has 16 heavy (non-hydrogen) atoms. The van der Waals surface area contributed by atoms with E-state index in [1.807, 2.05) is 30.3 Å². The first-order valence-corrected chi connectivity index (χ1v) is 4.87. The molecule has 0 atom stereocenters. The molecule has 0 unspecified atom stereocenters. The summed E-state index contributed by atoms with van der Waals surface area (Å²) in [4.78, 5) is 10.8. The molecule has 78 valence electrons. The van der Waals surface area contributed by atoms with Crippen molar-refractivity contribution in [3.63, 3.8) is 0 Å². The van der Waals surface area contributed by atoms with Gasteiger partial charge in [0, 0.05) is 5.56 Å². The molecule has 0 fully saturated rings. The highest BCUT2D eigenvalue weighted by molar-refractivity contribution is 5.75. The van der Waals surface area contributed by atoms with E-state index in [1.54, 1.807) is 6.07 Å². The predicted molar refractivity (Wildman–Crippen MR) is 61.9 cm³/mol. The van der Waals surface area contributed by atoms with Crippen LogP contribution in [-0.4, -0.2) is 16.1 Å². The van der Waals surface area contributed by atoms with Crippen LogP contribution in [0.25, 0.3) is 11.3 Å². The van der Waals surface area contributed by atoms with Gasteiger partial charge < -0.3 is 0 Å². The Morgan fingerprint density at radius 3 is 2.75 bits per heavy atom. The van der Waals surface area contributed by atoms with Gasteiger partial charge in [-0.05, 0) is 6.07 Å². The van der Waals surface area contributed by atoms with E-state index >= 15 is 0 Å². The van der Waals surface area contributed by atoms with Crippen molar-refractivity contribution < 1.29 is 4.79 Å². The van der Waals surface area contributed by atoms with Crippen LogP contribution in [0.15, 0.2) is 36.4 Å². The topological polar surface area (TPSA) is 34.9 Å². The minimum atomic E-state index is 0.306. The van der Waals surface area contributed by atoms with Crippen LogP contribution < -0.4 is 0 Å². The summed E-state index contributed by atoms with van der Waals surface area (Å²) < 4.78 is 1.52. The lowest BCUT2D eigenvalue weighted by Gasteiger charge is -1.96. The Hall–Kier alpha value is -2.34. The van der Waals surface area contributed by atoms with Crippen molar-refractivity contribution in [2.24, 2.45) is 0 Å². The molecule has 2 aromatic rings. The number of aldehydes is 1. The summed E-state index contributed by atoms with van der Waals surface area (Å²) in [5, 5.41) is 4.28. The monoisotopic (exact) mass is 210 g/mol. The van der Waals surface area contributed by atoms with Gasteiger partial charge in [-0.25, -0.2) is 4.68 Å². The summed E-state index contributed by atoms with van der Waals surface area (Å²) in [5.41, 5.74) is 2.23. The minimum absolute atomic E-state index is 0.306. The standard InChI is InChI=1S/C13H10N2O/c1-2-8-15-12(10-16)9-13(14-15)11-6-4-3-5-7-11/h1,3-7,9-10H,8H2. The molecule has 0 N–H and O–H groups in total. The fraction of sp³-hybridized carbons (Fsp3) is 0.0769. The smallest absolute Gasteiger partial charge is 0.168 e. The molecule has 0 aliphatic rings. The quantitative estimate of drug-likeness (QED) is 0.573. The lowest BCUT2D eigenvalue weighted by atomic mass is 10.1. The molecule has 3 nitrogen and oxygen atoms in total. The molecule has 0 radical (unpaired) electrons. The largest absolute Gasteiger partial charge is 0.296 e. The second kappa shape index (κ2) is 4.45. The summed E-state index contributed by atoms with van der Waals surface area (Å²) in [5.74, 6) is 2.47. The summed E-state index contributed by atoms with van der Waals surface area (Å²) in [6, 6.07) is 11.4. The highest BCUT2D eigenvalue weighted by Crippen LogP contribution is 2.17. The minimum Gasteiger partial charge on any atom is -0.296 e. The Morgan fingerprint density at radius 2 is 2.12 bits per heavy atom. The van der Waals surface area contributed by atoms with Gasteiger partial charge in [0.15, 0.2) is 6.29 Å². The molecule has 0 aliphatic carbocycles. The summed E-state index contributed by atoms with van der Waals surface area (Å²) >= 11 is 0. The fourth-order valence-corrected chi connectivity index (χ4v) is 1.49. The van der Waals surface area contributed by atoms with Gasteiger partial charge in [-0.3, -0.25) is 4.79 Å². The highest BCUT2D eigenvalue weighted by atomic mass is 16.1. The van der Waals surface area contributed by atoms with Gasteiger partial charge in [-0.2, -0.15) is 5.10 Å². The van der Waals surface area contributed by atoms with Gasteiger partial charge in [0.1, 0.15) is 12.2 Å². The zero-order valence-electron chi connectivity index (χ0n) is 8.63. The maximum absolute atomic E-state index is 10.8. The lowest BCUT2D eigenvalue weighted by molar-refractivity contribution is 0.111. The molecular weight excluding hydrogens is 200 g/mol. The van der Waals surface area contributed by atoms with Gasteiger partial charge in [-0.15, -0.1) is 6.42 Å². The fourth-order valence-electron chi connectivity index (χ4n) is 1.49. The van der Waals surface area contributed by atoms with Crippen molar-refractivity contribution >= 4 is 6.29 Å². The number of terminal acetylenes is 1. The third-order valence-electron chi connectivity index (χ3n) is 2.24. The van der Waals surface area contributed by atoms with Crippen molar-refractivity contribution in [1.29, 1.82) is 0 Å². The van der Waals surface area contributed by atoms with Crippen molar-refractivity contribution in [2.75, 3.05) is 0 Å². The van der Waals surface area contributed by atoms with Gasteiger partial charge in [0.25, 0.3) is 0 Å². The number of aromatic nitrogens is 2. The number of benzene rings is 1. The first-order valence-electron chi connectivity index (χ1n) is 4.87. The Kier molecular flexibility index (Phi) is 2.84. The van der Waals surface area contributed by atoms with Gasteiger partial charge in [0.2, 0.25) is 0 Å². The van der Waals surface area contributed by atoms with Gasteiger partial charge >= 0.3 is 0 Å². The molecule has 2 rings (SSSR count). The SMILES string of the molecule is C#CCn1nc(-c2ccccc2)cc1C=O. The average Bonchev–Trinajstić information content (AvgIpc) is 2.74. The van der Waals surface area contributed by atoms with Crippen LogP contribution in [0.3, 0.4) is 0 Å². The summed E-state index contributed by atoms with van der Waals surface area (Å²) in [7, 11) is 0.